The van der Waals surface area contributed by atoms with Gasteiger partial charge in [-0.3, -0.25) is 24.0 Å². The summed E-state index contributed by atoms with van der Waals surface area (Å²) in [6.45, 7) is 46.0. The number of fused-ring (bicyclic) bond motifs is 2. The molecule has 2 aliphatic rings. The van der Waals surface area contributed by atoms with Gasteiger partial charge in [-0.1, -0.05) is 62.3 Å². The van der Waals surface area contributed by atoms with E-state index in [1.165, 1.54) is 33.5 Å². The van der Waals surface area contributed by atoms with E-state index in [9.17, 15) is 24.0 Å². The van der Waals surface area contributed by atoms with Crippen molar-refractivity contribution >= 4 is 29.8 Å². The fourth-order valence-electron chi connectivity index (χ4n) is 6.59. The average molecular weight is 1010 g/mol. The molecule has 0 heterocycles. The van der Waals surface area contributed by atoms with Gasteiger partial charge >= 0.3 is 29.8 Å². The summed E-state index contributed by atoms with van der Waals surface area (Å²) < 4.78 is 51.2. The first-order valence-electron chi connectivity index (χ1n) is 25.8. The third-order valence-corrected chi connectivity index (χ3v) is 14.1. The highest BCUT2D eigenvalue weighted by molar-refractivity contribution is 5.77. The fourth-order valence-corrected chi connectivity index (χ4v) is 6.59. The van der Waals surface area contributed by atoms with Crippen molar-refractivity contribution in [2.75, 3.05) is 41.0 Å². The number of carbonyl (C=O) groups is 5. The summed E-state index contributed by atoms with van der Waals surface area (Å²) in [5, 5.41) is 0. The molecule has 416 valence electrons. The Labute approximate surface area is 426 Å². The maximum Gasteiger partial charge on any atom is 0.313 e. The quantitative estimate of drug-likeness (QED) is 0.0386. The van der Waals surface area contributed by atoms with Gasteiger partial charge in [0.25, 0.3) is 0 Å². The van der Waals surface area contributed by atoms with E-state index in [0.717, 1.165) is 44.4 Å². The predicted octanol–water partition coefficient (Wildman–Crippen LogP) is 12.8. The van der Waals surface area contributed by atoms with Crippen LogP contribution >= 0.6 is 0 Å². The van der Waals surface area contributed by atoms with Crippen molar-refractivity contribution in [3.63, 3.8) is 0 Å². The summed E-state index contributed by atoms with van der Waals surface area (Å²) in [5.41, 5.74) is -1.62. The van der Waals surface area contributed by atoms with E-state index in [2.05, 4.69) is 25.5 Å². The first-order valence-corrected chi connectivity index (χ1v) is 25.8. The van der Waals surface area contributed by atoms with Gasteiger partial charge in [-0.15, -0.1) is 0 Å². The number of hydrogen-bond acceptors (Lipinski definition) is 15. The molecule has 0 spiro atoms. The second kappa shape index (κ2) is 33.1. The lowest BCUT2D eigenvalue weighted by Crippen LogP contribution is -2.45. The highest BCUT2D eigenvalue weighted by Crippen LogP contribution is 2.63. The molecular formula is C55H106O15. The van der Waals surface area contributed by atoms with E-state index in [1.54, 1.807) is 13.8 Å². The summed E-state index contributed by atoms with van der Waals surface area (Å²) in [6.07, 6.45) is 7.38. The smallest absolute Gasteiger partial charge is 0.313 e. The zero-order valence-corrected chi connectivity index (χ0v) is 49.2. The maximum absolute atomic E-state index is 12.2. The van der Waals surface area contributed by atoms with Gasteiger partial charge in [0.2, 0.25) is 0 Å². The predicted molar refractivity (Wildman–Crippen MR) is 275 cm³/mol. The van der Waals surface area contributed by atoms with E-state index < -0.39 is 45.9 Å². The summed E-state index contributed by atoms with van der Waals surface area (Å²) in [6, 6.07) is 0. The molecule has 0 aromatic rings. The number of rotatable bonds is 24. The summed E-state index contributed by atoms with van der Waals surface area (Å²) in [5.74, 6) is -0.227. The Hall–Kier alpha value is -2.85. The molecule has 6 unspecified atom stereocenters. The topological polar surface area (TPSA) is 178 Å². The average Bonchev–Trinajstić information content (AvgIpc) is 3.79. The van der Waals surface area contributed by atoms with E-state index in [0.29, 0.717) is 13.2 Å². The Bertz CT molecular complexity index is 1500. The molecule has 2 bridgehead atoms. The van der Waals surface area contributed by atoms with Gasteiger partial charge < -0.3 is 47.4 Å². The van der Waals surface area contributed by atoms with Crippen molar-refractivity contribution in [3.8, 4) is 0 Å². The second-order valence-electron chi connectivity index (χ2n) is 22.5. The second-order valence-corrected chi connectivity index (χ2v) is 22.5. The zero-order chi connectivity index (χ0) is 55.5. The monoisotopic (exact) mass is 1010 g/mol. The molecule has 0 aromatic heterocycles. The van der Waals surface area contributed by atoms with Crippen LogP contribution in [0.15, 0.2) is 0 Å². The molecule has 0 aliphatic heterocycles. The molecule has 0 aromatic carbocycles. The standard InChI is InChI=1S/C18H32O3.2C10H20O3.C9H18O3.C8H16O3/c1-8-16(3,4)15(19)21-12(2)20-14-17(5,6)13-9-10-18(14,7)11-13;1-6-10(4,5)9(11)13-8(3)12-7-2;1-5-7-12-8-13-9(11)10(3,4)6-2;1-6-9(3,4)8(10)12-7(2)11-5;1-5-8(2,3)7(9)11-6-10-4/h12-14H,8-11H2,1-7H3;8H,6-7H2,1-5H3;5-8H2,1-4H3;7H,6H2,1-5H3;5-6H2,1-4H3. The van der Waals surface area contributed by atoms with Gasteiger partial charge in [-0.25, -0.2) is 0 Å². The molecule has 0 radical (unpaired) electrons. The molecule has 0 saturated heterocycles. The lowest BCUT2D eigenvalue weighted by atomic mass is 9.70. The van der Waals surface area contributed by atoms with Crippen LogP contribution in [0.3, 0.4) is 0 Å². The number of hydrogen-bond donors (Lipinski definition) is 0. The van der Waals surface area contributed by atoms with Crippen molar-refractivity contribution in [3.05, 3.63) is 0 Å². The normalized spacial score (nSPS) is 19.6. The third kappa shape index (κ3) is 25.7. The molecule has 15 heteroatoms. The molecule has 0 amide bonds. The van der Waals surface area contributed by atoms with Gasteiger partial charge in [-0.2, -0.15) is 0 Å². The van der Waals surface area contributed by atoms with Crippen LogP contribution in [0.4, 0.5) is 0 Å². The van der Waals surface area contributed by atoms with Crippen molar-refractivity contribution in [1.29, 1.82) is 0 Å². The number of methoxy groups -OCH3 is 2. The van der Waals surface area contributed by atoms with Crippen LogP contribution in [0.25, 0.3) is 0 Å². The lowest BCUT2D eigenvalue weighted by Gasteiger charge is -2.43. The minimum atomic E-state index is -0.469. The van der Waals surface area contributed by atoms with Crippen molar-refractivity contribution in [2.24, 2.45) is 43.8 Å². The maximum atomic E-state index is 12.2. The zero-order valence-electron chi connectivity index (χ0n) is 49.2. The van der Waals surface area contributed by atoms with E-state index >= 15 is 0 Å². The van der Waals surface area contributed by atoms with Gasteiger partial charge in [0.1, 0.15) is 0 Å². The molecule has 6 atom stereocenters. The van der Waals surface area contributed by atoms with Crippen molar-refractivity contribution in [2.45, 2.75) is 242 Å². The summed E-state index contributed by atoms with van der Waals surface area (Å²) in [7, 11) is 3.00. The van der Waals surface area contributed by atoms with Crippen LogP contribution < -0.4 is 0 Å². The van der Waals surface area contributed by atoms with Crippen LogP contribution in [0, 0.1) is 43.8 Å². The minimum Gasteiger partial charge on any atom is -0.438 e. The molecule has 2 rings (SSSR count). The molecule has 2 saturated carbocycles. The van der Waals surface area contributed by atoms with E-state index in [4.69, 9.17) is 42.6 Å². The Morgan fingerprint density at radius 3 is 1.24 bits per heavy atom. The SMILES string of the molecule is CCC(C)(C)C(=O)OC(C)OC.CCC(C)(C)C(=O)OC(C)OC1C2(C)CCC(C2)C1(C)C.CCC(C)(C)C(=O)OCOC.CCCOCOC(=O)C(C)(C)CC.CCOC(C)OC(=O)C(C)(C)CC. The molecule has 2 aliphatic carbocycles. The van der Waals surface area contributed by atoms with Gasteiger partial charge in [0.15, 0.2) is 32.5 Å². The first kappa shape index (κ1) is 71.4. The highest BCUT2D eigenvalue weighted by Gasteiger charge is 2.60. The van der Waals surface area contributed by atoms with Crippen LogP contribution in [-0.2, 0) is 71.3 Å². The Kier molecular flexibility index (Phi) is 33.7. The largest absolute Gasteiger partial charge is 0.438 e. The minimum absolute atomic E-state index is 0.0439. The summed E-state index contributed by atoms with van der Waals surface area (Å²) >= 11 is 0. The van der Waals surface area contributed by atoms with Crippen molar-refractivity contribution < 1.29 is 71.3 Å². The lowest BCUT2D eigenvalue weighted by molar-refractivity contribution is -0.219. The van der Waals surface area contributed by atoms with Crippen molar-refractivity contribution in [1.82, 2.24) is 0 Å². The van der Waals surface area contributed by atoms with Crippen LogP contribution in [0.5, 0.6) is 0 Å². The number of ether oxygens (including phenoxy) is 10. The van der Waals surface area contributed by atoms with E-state index in [1.807, 2.05) is 125 Å². The highest BCUT2D eigenvalue weighted by atomic mass is 16.7. The molecule has 70 heavy (non-hydrogen) atoms. The van der Waals surface area contributed by atoms with Gasteiger partial charge in [-0.05, 0) is 171 Å². The Morgan fingerprint density at radius 2 is 0.914 bits per heavy atom. The van der Waals surface area contributed by atoms with Crippen LogP contribution in [-0.4, -0.2) is 95.8 Å². The Balaban J connectivity index is -0.000000824. The molecular weight excluding hydrogens is 901 g/mol. The van der Waals surface area contributed by atoms with Crippen LogP contribution in [0.1, 0.15) is 217 Å². The van der Waals surface area contributed by atoms with E-state index in [-0.39, 0.29) is 60.4 Å². The van der Waals surface area contributed by atoms with Gasteiger partial charge in [0.05, 0.1) is 39.8 Å². The fraction of sp³-hybridized carbons (Fsp3) is 0.909. The van der Waals surface area contributed by atoms with Gasteiger partial charge in [0, 0.05) is 20.8 Å². The molecule has 15 nitrogen and oxygen atoms in total. The number of esters is 5. The first-order chi connectivity index (χ1) is 32.0. The number of carbonyl (C=O) groups excluding carboxylic acids is 5. The third-order valence-electron chi connectivity index (χ3n) is 14.1. The summed E-state index contributed by atoms with van der Waals surface area (Å²) in [4.78, 5) is 57.5. The Morgan fingerprint density at radius 1 is 0.543 bits per heavy atom. The molecule has 0 N–H and O–H groups in total. The molecule has 2 fully saturated rings. The van der Waals surface area contributed by atoms with Crippen LogP contribution in [0.2, 0.25) is 0 Å².